The fraction of sp³-hybridized carbons (Fsp3) is 0.346. The molecule has 2 aromatic rings. The fourth-order valence-electron chi connectivity index (χ4n) is 4.62. The van der Waals surface area contributed by atoms with Crippen LogP contribution >= 0.6 is 0 Å². The van der Waals surface area contributed by atoms with Crippen LogP contribution in [-0.4, -0.2) is 54.0 Å². The molecule has 0 unspecified atom stereocenters. The minimum Gasteiger partial charge on any atom is -0.481 e. The van der Waals surface area contributed by atoms with Crippen LogP contribution in [0.5, 0.6) is 0 Å². The van der Waals surface area contributed by atoms with E-state index >= 15 is 0 Å². The Labute approximate surface area is 193 Å². The van der Waals surface area contributed by atoms with Crippen LogP contribution in [0, 0.1) is 18.8 Å². The average Bonchev–Trinajstić information content (AvgIpc) is 2.84. The summed E-state index contributed by atoms with van der Waals surface area (Å²) < 4.78 is 0. The molecule has 1 heterocycles. The summed E-state index contributed by atoms with van der Waals surface area (Å²) in [6, 6.07) is 15.2. The van der Waals surface area contributed by atoms with Crippen LogP contribution in [0.2, 0.25) is 0 Å². The molecule has 7 heteroatoms. The van der Waals surface area contributed by atoms with Gasteiger partial charge in [-0.2, -0.15) is 0 Å². The predicted octanol–water partition coefficient (Wildman–Crippen LogP) is 3.56. The maximum absolute atomic E-state index is 13.3. The van der Waals surface area contributed by atoms with Gasteiger partial charge < -0.3 is 20.2 Å². The number of hydrogen-bond acceptors (Lipinski definition) is 4. The SMILES string of the molecule is Cc1ccccc1N1CCN(C(=O)c2ccccc2NC(=O)[C@H]2CC=CC[C@@H]2C(=O)O)CC1. The Morgan fingerprint density at radius 3 is 2.21 bits per heavy atom. The number of allylic oxidation sites excluding steroid dienone is 2. The van der Waals surface area contributed by atoms with E-state index in [1.54, 1.807) is 30.3 Å². The van der Waals surface area contributed by atoms with Crippen LogP contribution in [0.1, 0.15) is 28.8 Å². The first-order valence-electron chi connectivity index (χ1n) is 11.3. The van der Waals surface area contributed by atoms with Crippen LogP contribution < -0.4 is 10.2 Å². The minimum atomic E-state index is -0.976. The topological polar surface area (TPSA) is 90.0 Å². The molecule has 1 saturated heterocycles. The first-order chi connectivity index (χ1) is 16.0. The van der Waals surface area contributed by atoms with Gasteiger partial charge in [0.05, 0.1) is 23.1 Å². The maximum Gasteiger partial charge on any atom is 0.307 e. The van der Waals surface area contributed by atoms with Gasteiger partial charge in [0.15, 0.2) is 0 Å². The van der Waals surface area contributed by atoms with Gasteiger partial charge in [0.1, 0.15) is 0 Å². The Bertz CT molecular complexity index is 1070. The summed E-state index contributed by atoms with van der Waals surface area (Å²) in [4.78, 5) is 41.9. The summed E-state index contributed by atoms with van der Waals surface area (Å²) >= 11 is 0. The number of nitrogens with one attached hydrogen (secondary N) is 1. The molecule has 7 nitrogen and oxygen atoms in total. The largest absolute Gasteiger partial charge is 0.481 e. The molecule has 0 spiro atoms. The number of carbonyl (C=O) groups is 3. The molecule has 2 amide bonds. The highest BCUT2D eigenvalue weighted by Crippen LogP contribution is 2.28. The van der Waals surface area contributed by atoms with Crippen molar-refractivity contribution in [2.24, 2.45) is 11.8 Å². The summed E-state index contributed by atoms with van der Waals surface area (Å²) in [5.74, 6) is -2.89. The summed E-state index contributed by atoms with van der Waals surface area (Å²) in [5, 5.41) is 12.3. The Kier molecular flexibility index (Phi) is 6.77. The van der Waals surface area contributed by atoms with E-state index in [1.807, 2.05) is 23.1 Å². The molecule has 1 aliphatic carbocycles. The molecule has 0 saturated carbocycles. The number of para-hydroxylation sites is 2. The van der Waals surface area contributed by atoms with Gasteiger partial charge in [-0.3, -0.25) is 14.4 Å². The number of carboxylic acids is 1. The Morgan fingerprint density at radius 2 is 1.52 bits per heavy atom. The molecule has 0 radical (unpaired) electrons. The van der Waals surface area contributed by atoms with Gasteiger partial charge in [-0.15, -0.1) is 0 Å². The second-order valence-corrected chi connectivity index (χ2v) is 8.59. The van der Waals surface area contributed by atoms with E-state index in [-0.39, 0.29) is 11.8 Å². The maximum atomic E-state index is 13.3. The van der Waals surface area contributed by atoms with Crippen molar-refractivity contribution in [2.45, 2.75) is 19.8 Å². The van der Waals surface area contributed by atoms with Crippen LogP contribution in [0.3, 0.4) is 0 Å². The number of rotatable bonds is 5. The van der Waals surface area contributed by atoms with Crippen molar-refractivity contribution < 1.29 is 19.5 Å². The van der Waals surface area contributed by atoms with E-state index in [9.17, 15) is 19.5 Å². The Hall–Kier alpha value is -3.61. The first-order valence-corrected chi connectivity index (χ1v) is 11.3. The standard InChI is InChI=1S/C26H29N3O4/c1-18-8-2-7-13-23(18)28-14-16-29(17-15-28)25(31)21-11-5-6-12-22(21)27-24(30)19-9-3-4-10-20(19)26(32)33/h2-8,11-13,19-20H,9-10,14-17H2,1H3,(H,27,30)(H,32,33)/t19-,20-/m0/s1. The number of piperazine rings is 1. The van der Waals surface area contributed by atoms with Gasteiger partial charge >= 0.3 is 5.97 Å². The monoisotopic (exact) mass is 447 g/mol. The number of carbonyl (C=O) groups excluding carboxylic acids is 2. The van der Waals surface area contributed by atoms with Gasteiger partial charge in [0.25, 0.3) is 5.91 Å². The van der Waals surface area contributed by atoms with Gasteiger partial charge in [-0.1, -0.05) is 42.5 Å². The highest BCUT2D eigenvalue weighted by atomic mass is 16.4. The molecule has 2 aliphatic rings. The smallest absolute Gasteiger partial charge is 0.307 e. The molecule has 2 aromatic carbocycles. The lowest BCUT2D eigenvalue weighted by atomic mass is 9.82. The van der Waals surface area contributed by atoms with Gasteiger partial charge in [0.2, 0.25) is 5.91 Å². The molecule has 172 valence electrons. The van der Waals surface area contributed by atoms with Gasteiger partial charge in [-0.05, 0) is 43.5 Å². The van der Waals surface area contributed by atoms with E-state index in [0.29, 0.717) is 37.2 Å². The van der Waals surface area contributed by atoms with Crippen LogP contribution in [0.4, 0.5) is 11.4 Å². The highest BCUT2D eigenvalue weighted by molar-refractivity contribution is 6.04. The second-order valence-electron chi connectivity index (χ2n) is 8.59. The molecule has 2 atom stereocenters. The highest BCUT2D eigenvalue weighted by Gasteiger charge is 2.34. The van der Waals surface area contributed by atoms with Crippen molar-refractivity contribution >= 4 is 29.2 Å². The zero-order valence-corrected chi connectivity index (χ0v) is 18.7. The van der Waals surface area contributed by atoms with Crippen molar-refractivity contribution in [3.8, 4) is 0 Å². The van der Waals surface area contributed by atoms with Gasteiger partial charge in [-0.25, -0.2) is 0 Å². The lowest BCUT2D eigenvalue weighted by molar-refractivity contribution is -0.146. The third-order valence-corrected chi connectivity index (χ3v) is 6.52. The first kappa shape index (κ1) is 22.6. The summed E-state index contributed by atoms with van der Waals surface area (Å²) in [6.07, 6.45) is 4.35. The normalized spacial score (nSPS) is 20.4. The van der Waals surface area contributed by atoms with E-state index < -0.39 is 17.8 Å². The third kappa shape index (κ3) is 4.92. The number of nitrogens with zero attached hydrogens (tertiary/aromatic N) is 2. The fourth-order valence-corrected chi connectivity index (χ4v) is 4.62. The van der Waals surface area contributed by atoms with E-state index in [4.69, 9.17) is 0 Å². The zero-order valence-electron chi connectivity index (χ0n) is 18.7. The Balaban J connectivity index is 1.45. The molecule has 0 aromatic heterocycles. The van der Waals surface area contributed by atoms with Crippen molar-refractivity contribution in [3.63, 3.8) is 0 Å². The number of aliphatic carboxylic acids is 1. The lowest BCUT2D eigenvalue weighted by Crippen LogP contribution is -2.49. The molecular weight excluding hydrogens is 418 g/mol. The molecule has 1 fully saturated rings. The molecule has 4 rings (SSSR count). The number of carboxylic acid groups (broad SMARTS) is 1. The molecule has 33 heavy (non-hydrogen) atoms. The van der Waals surface area contributed by atoms with Gasteiger partial charge in [0, 0.05) is 31.9 Å². The van der Waals surface area contributed by atoms with Crippen molar-refractivity contribution in [1.82, 2.24) is 4.90 Å². The van der Waals surface area contributed by atoms with Crippen LogP contribution in [0.15, 0.2) is 60.7 Å². The molecular formula is C26H29N3O4. The van der Waals surface area contributed by atoms with Crippen molar-refractivity contribution in [3.05, 3.63) is 71.8 Å². The lowest BCUT2D eigenvalue weighted by Gasteiger charge is -2.37. The number of amides is 2. The summed E-state index contributed by atoms with van der Waals surface area (Å²) in [5.41, 5.74) is 3.25. The number of anilines is 2. The minimum absolute atomic E-state index is 0.131. The number of aryl methyl sites for hydroxylation is 1. The van der Waals surface area contributed by atoms with E-state index in [1.165, 1.54) is 11.3 Å². The molecule has 2 N–H and O–H groups in total. The van der Waals surface area contributed by atoms with Crippen molar-refractivity contribution in [1.29, 1.82) is 0 Å². The van der Waals surface area contributed by atoms with E-state index in [0.717, 1.165) is 13.1 Å². The Morgan fingerprint density at radius 1 is 0.879 bits per heavy atom. The zero-order chi connectivity index (χ0) is 23.4. The van der Waals surface area contributed by atoms with Crippen LogP contribution in [0.25, 0.3) is 0 Å². The average molecular weight is 448 g/mol. The predicted molar refractivity (Wildman–Crippen MR) is 127 cm³/mol. The molecule has 1 aliphatic heterocycles. The summed E-state index contributed by atoms with van der Waals surface area (Å²) in [7, 11) is 0. The van der Waals surface area contributed by atoms with E-state index in [2.05, 4.69) is 29.3 Å². The van der Waals surface area contributed by atoms with Crippen LogP contribution in [-0.2, 0) is 9.59 Å². The number of benzene rings is 2. The third-order valence-electron chi connectivity index (χ3n) is 6.52. The van der Waals surface area contributed by atoms with Crippen molar-refractivity contribution in [2.75, 3.05) is 36.4 Å². The summed E-state index contributed by atoms with van der Waals surface area (Å²) in [6.45, 7) is 4.73. The molecule has 0 bridgehead atoms. The second kappa shape index (κ2) is 9.90. The number of hydrogen-bond donors (Lipinski definition) is 2. The quantitative estimate of drug-likeness (QED) is 0.684.